The van der Waals surface area contributed by atoms with Crippen LogP contribution in [0.1, 0.15) is 12.6 Å². The van der Waals surface area contributed by atoms with Crippen LogP contribution in [0.25, 0.3) is 0 Å². The molecule has 1 aromatic heterocycles. The Labute approximate surface area is 81.2 Å². The molecule has 70 valence electrons. The maximum absolute atomic E-state index is 10.6. The van der Waals surface area contributed by atoms with Crippen molar-refractivity contribution >= 4 is 17.7 Å². The van der Waals surface area contributed by atoms with Crippen LogP contribution in [0.2, 0.25) is 0 Å². The molecule has 0 bridgehead atoms. The fourth-order valence-electron chi connectivity index (χ4n) is 0.788. The van der Waals surface area contributed by atoms with Crippen molar-refractivity contribution in [3.63, 3.8) is 0 Å². The van der Waals surface area contributed by atoms with E-state index in [0.29, 0.717) is 6.54 Å². The van der Waals surface area contributed by atoms with Gasteiger partial charge in [-0.25, -0.2) is 9.97 Å². The van der Waals surface area contributed by atoms with E-state index < -0.39 is 0 Å². The average molecular weight is 197 g/mol. The van der Waals surface area contributed by atoms with Crippen LogP contribution in [0, 0.1) is 0 Å². The van der Waals surface area contributed by atoms with Gasteiger partial charge in [-0.15, -0.1) is 0 Å². The van der Waals surface area contributed by atoms with Crippen molar-refractivity contribution in [2.45, 2.75) is 18.6 Å². The Morgan fingerprint density at radius 1 is 1.69 bits per heavy atom. The van der Waals surface area contributed by atoms with Gasteiger partial charge in [-0.1, -0.05) is 11.8 Å². The standard InChI is InChI=1S/C8H11N3OS/c1-6(12)10-5-7-3-4-9-8(11-7)13-2/h3-4H,5H2,1-2H3,(H,10,12). The smallest absolute Gasteiger partial charge is 0.217 e. The zero-order valence-electron chi connectivity index (χ0n) is 7.57. The van der Waals surface area contributed by atoms with Crippen molar-refractivity contribution in [3.05, 3.63) is 18.0 Å². The molecule has 0 fully saturated rings. The first-order chi connectivity index (χ1) is 6.22. The highest BCUT2D eigenvalue weighted by Crippen LogP contribution is 2.06. The van der Waals surface area contributed by atoms with Crippen molar-refractivity contribution in [1.82, 2.24) is 15.3 Å². The first-order valence-electron chi connectivity index (χ1n) is 3.82. The number of nitrogens with zero attached hydrogens (tertiary/aromatic N) is 2. The van der Waals surface area contributed by atoms with E-state index in [0.717, 1.165) is 10.9 Å². The van der Waals surface area contributed by atoms with Gasteiger partial charge in [0.1, 0.15) is 0 Å². The van der Waals surface area contributed by atoms with E-state index in [1.807, 2.05) is 6.26 Å². The van der Waals surface area contributed by atoms with Gasteiger partial charge in [-0.2, -0.15) is 0 Å². The predicted molar refractivity (Wildman–Crippen MR) is 51.3 cm³/mol. The van der Waals surface area contributed by atoms with Gasteiger partial charge in [0.2, 0.25) is 5.91 Å². The summed E-state index contributed by atoms with van der Waals surface area (Å²) in [6.45, 7) is 1.95. The van der Waals surface area contributed by atoms with E-state index in [-0.39, 0.29) is 5.91 Å². The second kappa shape index (κ2) is 4.81. The number of thioether (sulfide) groups is 1. The molecule has 5 heteroatoms. The van der Waals surface area contributed by atoms with E-state index in [1.165, 1.54) is 18.7 Å². The summed E-state index contributed by atoms with van der Waals surface area (Å²) < 4.78 is 0. The molecule has 0 spiro atoms. The molecule has 0 aliphatic heterocycles. The topological polar surface area (TPSA) is 54.9 Å². The van der Waals surface area contributed by atoms with E-state index in [1.54, 1.807) is 12.3 Å². The second-order valence-corrected chi connectivity index (χ2v) is 3.22. The lowest BCUT2D eigenvalue weighted by atomic mass is 10.4. The molecular weight excluding hydrogens is 186 g/mol. The van der Waals surface area contributed by atoms with E-state index in [4.69, 9.17) is 0 Å². The number of hydrogen-bond acceptors (Lipinski definition) is 4. The molecule has 0 saturated carbocycles. The van der Waals surface area contributed by atoms with Crippen LogP contribution in [0.4, 0.5) is 0 Å². The van der Waals surface area contributed by atoms with Crippen LogP contribution in [0.15, 0.2) is 17.4 Å². The highest BCUT2D eigenvalue weighted by molar-refractivity contribution is 7.98. The molecular formula is C8H11N3OS. The normalized spacial score (nSPS) is 9.69. The monoisotopic (exact) mass is 197 g/mol. The number of carbonyl (C=O) groups excluding carboxylic acids is 1. The molecule has 1 aromatic rings. The Morgan fingerprint density at radius 2 is 2.46 bits per heavy atom. The van der Waals surface area contributed by atoms with Crippen LogP contribution in [0.3, 0.4) is 0 Å². The number of rotatable bonds is 3. The van der Waals surface area contributed by atoms with Gasteiger partial charge >= 0.3 is 0 Å². The van der Waals surface area contributed by atoms with Gasteiger partial charge in [0.05, 0.1) is 12.2 Å². The maximum atomic E-state index is 10.6. The van der Waals surface area contributed by atoms with Crippen molar-refractivity contribution in [2.24, 2.45) is 0 Å². The first-order valence-corrected chi connectivity index (χ1v) is 5.05. The minimum Gasteiger partial charge on any atom is -0.351 e. The first kappa shape index (κ1) is 9.98. The van der Waals surface area contributed by atoms with Crippen LogP contribution >= 0.6 is 11.8 Å². The minimum atomic E-state index is -0.0516. The summed E-state index contributed by atoms with van der Waals surface area (Å²) in [5.41, 5.74) is 0.828. The van der Waals surface area contributed by atoms with Crippen LogP contribution in [0.5, 0.6) is 0 Å². The minimum absolute atomic E-state index is 0.0516. The Kier molecular flexibility index (Phi) is 3.70. The molecule has 1 rings (SSSR count). The Morgan fingerprint density at radius 3 is 3.08 bits per heavy atom. The summed E-state index contributed by atoms with van der Waals surface area (Å²) in [5, 5.41) is 3.40. The zero-order valence-corrected chi connectivity index (χ0v) is 8.39. The number of carbonyl (C=O) groups is 1. The SMILES string of the molecule is CSc1nccc(CNC(C)=O)n1. The van der Waals surface area contributed by atoms with Crippen molar-refractivity contribution in [2.75, 3.05) is 6.26 Å². The van der Waals surface area contributed by atoms with Crippen molar-refractivity contribution in [1.29, 1.82) is 0 Å². The third-order valence-electron chi connectivity index (χ3n) is 1.39. The van der Waals surface area contributed by atoms with Crippen molar-refractivity contribution in [3.8, 4) is 0 Å². The molecule has 0 atom stereocenters. The van der Waals surface area contributed by atoms with Crippen molar-refractivity contribution < 1.29 is 4.79 Å². The predicted octanol–water partition coefficient (Wildman–Crippen LogP) is 0.835. The summed E-state index contributed by atoms with van der Waals surface area (Å²) in [4.78, 5) is 18.8. The summed E-state index contributed by atoms with van der Waals surface area (Å²) >= 11 is 1.48. The van der Waals surface area contributed by atoms with E-state index in [9.17, 15) is 4.79 Å². The molecule has 1 heterocycles. The van der Waals surface area contributed by atoms with Gasteiger partial charge in [0.15, 0.2) is 5.16 Å². The third kappa shape index (κ3) is 3.42. The molecule has 0 aliphatic carbocycles. The number of amides is 1. The second-order valence-electron chi connectivity index (χ2n) is 2.44. The summed E-state index contributed by atoms with van der Waals surface area (Å²) in [6.07, 6.45) is 3.60. The molecule has 1 amide bonds. The summed E-state index contributed by atoms with van der Waals surface area (Å²) in [7, 11) is 0. The Bertz CT molecular complexity index is 303. The van der Waals surface area contributed by atoms with Crippen LogP contribution < -0.4 is 5.32 Å². The maximum Gasteiger partial charge on any atom is 0.217 e. The Hall–Kier alpha value is -1.10. The summed E-state index contributed by atoms with van der Waals surface area (Å²) in [5.74, 6) is -0.0516. The molecule has 1 N–H and O–H groups in total. The lowest BCUT2D eigenvalue weighted by Gasteiger charge is -2.01. The molecule has 0 unspecified atom stereocenters. The zero-order chi connectivity index (χ0) is 9.68. The molecule has 0 saturated heterocycles. The van der Waals surface area contributed by atoms with Crippen LogP contribution in [-0.2, 0) is 11.3 Å². The number of hydrogen-bond donors (Lipinski definition) is 1. The molecule has 4 nitrogen and oxygen atoms in total. The van der Waals surface area contributed by atoms with Gasteiger partial charge < -0.3 is 5.32 Å². The van der Waals surface area contributed by atoms with Crippen LogP contribution in [-0.4, -0.2) is 22.1 Å². The quantitative estimate of drug-likeness (QED) is 0.576. The molecule has 0 aliphatic rings. The van der Waals surface area contributed by atoms with Gasteiger partial charge in [-0.3, -0.25) is 4.79 Å². The van der Waals surface area contributed by atoms with E-state index >= 15 is 0 Å². The van der Waals surface area contributed by atoms with Gasteiger partial charge in [-0.05, 0) is 12.3 Å². The largest absolute Gasteiger partial charge is 0.351 e. The molecule has 0 aromatic carbocycles. The summed E-state index contributed by atoms with van der Waals surface area (Å²) in [6, 6.07) is 1.79. The average Bonchev–Trinajstić information content (AvgIpc) is 2.15. The highest BCUT2D eigenvalue weighted by atomic mass is 32.2. The van der Waals surface area contributed by atoms with Gasteiger partial charge in [0.25, 0.3) is 0 Å². The lowest BCUT2D eigenvalue weighted by Crippen LogP contribution is -2.19. The number of nitrogens with one attached hydrogen (secondary N) is 1. The van der Waals surface area contributed by atoms with E-state index in [2.05, 4.69) is 15.3 Å². The fourth-order valence-corrected chi connectivity index (χ4v) is 1.16. The number of aromatic nitrogens is 2. The highest BCUT2D eigenvalue weighted by Gasteiger charge is 1.98. The Balaban J connectivity index is 2.61. The fraction of sp³-hybridized carbons (Fsp3) is 0.375. The lowest BCUT2D eigenvalue weighted by molar-refractivity contribution is -0.119. The van der Waals surface area contributed by atoms with Gasteiger partial charge in [0, 0.05) is 13.1 Å². The molecule has 13 heavy (non-hydrogen) atoms. The third-order valence-corrected chi connectivity index (χ3v) is 1.95. The molecule has 0 radical (unpaired) electrons.